The summed E-state index contributed by atoms with van der Waals surface area (Å²) in [5.41, 5.74) is 4.22. The minimum absolute atomic E-state index is 0.0356. The van der Waals surface area contributed by atoms with Crippen LogP contribution in [0.15, 0.2) is 97.3 Å². The molecule has 0 saturated carbocycles. The van der Waals surface area contributed by atoms with Crippen LogP contribution in [0.1, 0.15) is 27.5 Å². The third-order valence-corrected chi connectivity index (χ3v) is 5.68. The Kier molecular flexibility index (Phi) is 5.25. The second-order valence-corrected chi connectivity index (χ2v) is 7.70. The van der Waals surface area contributed by atoms with E-state index in [0.717, 1.165) is 17.7 Å². The number of hydrogen-bond acceptors (Lipinski definition) is 3. The van der Waals surface area contributed by atoms with E-state index in [0.29, 0.717) is 17.8 Å². The van der Waals surface area contributed by atoms with Crippen LogP contribution in [0.5, 0.6) is 0 Å². The van der Waals surface area contributed by atoms with Crippen molar-refractivity contribution < 1.29 is 9.59 Å². The second-order valence-electron chi connectivity index (χ2n) is 7.70. The Hall–Kier alpha value is -4.19. The van der Waals surface area contributed by atoms with E-state index in [2.05, 4.69) is 16.5 Å². The number of nitrogens with one attached hydrogen (secondary N) is 1. The molecule has 158 valence electrons. The molecule has 0 radical (unpaired) electrons. The zero-order valence-corrected chi connectivity index (χ0v) is 17.4. The van der Waals surface area contributed by atoms with Gasteiger partial charge in [-0.05, 0) is 53.9 Å². The summed E-state index contributed by atoms with van der Waals surface area (Å²) in [6.45, 7) is 0.680. The number of carbonyl (C=O) groups excluding carboxylic acids is 2. The largest absolute Gasteiger partial charge is 0.324 e. The molecule has 1 atom stereocenters. The number of amides is 2. The molecule has 6 heteroatoms. The van der Waals surface area contributed by atoms with Gasteiger partial charge < -0.3 is 10.2 Å². The highest BCUT2D eigenvalue weighted by Gasteiger charge is 2.26. The molecule has 1 aliphatic heterocycles. The maximum absolute atomic E-state index is 13.1. The van der Waals surface area contributed by atoms with Crippen molar-refractivity contribution in [3.63, 3.8) is 0 Å². The molecule has 6 nitrogen and oxygen atoms in total. The van der Waals surface area contributed by atoms with E-state index >= 15 is 0 Å². The molecule has 1 N–H and O–H groups in total. The van der Waals surface area contributed by atoms with E-state index in [9.17, 15) is 9.59 Å². The molecule has 0 bridgehead atoms. The third-order valence-electron chi connectivity index (χ3n) is 5.68. The molecule has 0 saturated heterocycles. The first-order valence-corrected chi connectivity index (χ1v) is 10.6. The van der Waals surface area contributed by atoms with Gasteiger partial charge in [0.2, 0.25) is 0 Å². The molecule has 3 aromatic carbocycles. The van der Waals surface area contributed by atoms with Gasteiger partial charge in [-0.25, -0.2) is 0 Å². The fraction of sp³-hybridized carbons (Fsp3) is 0.115. The summed E-state index contributed by atoms with van der Waals surface area (Å²) < 4.78 is 1.63. The van der Waals surface area contributed by atoms with Gasteiger partial charge in [-0.1, -0.05) is 48.5 Å². The monoisotopic (exact) mass is 422 g/mol. The van der Waals surface area contributed by atoms with Crippen LogP contribution >= 0.6 is 0 Å². The van der Waals surface area contributed by atoms with E-state index in [1.807, 2.05) is 53.4 Å². The van der Waals surface area contributed by atoms with Crippen LogP contribution in [0.3, 0.4) is 0 Å². The molecule has 5 rings (SSSR count). The molecule has 0 spiro atoms. The van der Waals surface area contributed by atoms with Crippen molar-refractivity contribution in [3.05, 3.63) is 114 Å². The Morgan fingerprint density at radius 1 is 0.875 bits per heavy atom. The Morgan fingerprint density at radius 3 is 2.38 bits per heavy atom. The molecular formula is C26H22N4O2. The van der Waals surface area contributed by atoms with Crippen LogP contribution in [-0.4, -0.2) is 28.1 Å². The maximum atomic E-state index is 13.1. The first-order valence-electron chi connectivity index (χ1n) is 10.6. The molecule has 0 aliphatic carbocycles. The third kappa shape index (κ3) is 3.78. The molecule has 4 aromatic rings. The zero-order chi connectivity index (χ0) is 21.9. The number of benzene rings is 3. The number of aromatic nitrogens is 2. The van der Waals surface area contributed by atoms with Crippen molar-refractivity contribution >= 4 is 23.2 Å². The van der Waals surface area contributed by atoms with E-state index < -0.39 is 6.04 Å². The van der Waals surface area contributed by atoms with Gasteiger partial charge in [-0.3, -0.25) is 14.3 Å². The predicted molar refractivity (Wildman–Crippen MR) is 124 cm³/mol. The minimum atomic E-state index is -0.589. The van der Waals surface area contributed by atoms with Crippen LogP contribution < -0.4 is 10.2 Å². The topological polar surface area (TPSA) is 67.2 Å². The van der Waals surface area contributed by atoms with Crippen molar-refractivity contribution in [1.82, 2.24) is 9.78 Å². The van der Waals surface area contributed by atoms with Gasteiger partial charge in [-0.15, -0.1) is 0 Å². The van der Waals surface area contributed by atoms with Gasteiger partial charge in [-0.2, -0.15) is 5.10 Å². The lowest BCUT2D eigenvalue weighted by Gasteiger charge is -2.19. The van der Waals surface area contributed by atoms with Gasteiger partial charge in [0.05, 0.1) is 0 Å². The van der Waals surface area contributed by atoms with Crippen molar-refractivity contribution in [2.24, 2.45) is 0 Å². The van der Waals surface area contributed by atoms with Crippen LogP contribution in [0.25, 0.3) is 0 Å². The predicted octanol–water partition coefficient (Wildman–Crippen LogP) is 4.31. The average Bonchev–Trinajstić information content (AvgIpc) is 3.50. The van der Waals surface area contributed by atoms with Crippen LogP contribution in [0.4, 0.5) is 11.4 Å². The lowest BCUT2D eigenvalue weighted by Crippen LogP contribution is -2.29. The number of rotatable bonds is 5. The van der Waals surface area contributed by atoms with Crippen LogP contribution in [0.2, 0.25) is 0 Å². The molecular weight excluding hydrogens is 400 g/mol. The number of para-hydroxylation sites is 1. The molecule has 2 amide bonds. The van der Waals surface area contributed by atoms with E-state index in [1.165, 1.54) is 5.56 Å². The van der Waals surface area contributed by atoms with Gasteiger partial charge >= 0.3 is 0 Å². The number of nitrogens with zero attached hydrogens (tertiary/aromatic N) is 3. The summed E-state index contributed by atoms with van der Waals surface area (Å²) in [7, 11) is 0. The molecule has 1 unspecified atom stereocenters. The summed E-state index contributed by atoms with van der Waals surface area (Å²) in [6.07, 6.45) is 4.29. The molecule has 1 aliphatic rings. The summed E-state index contributed by atoms with van der Waals surface area (Å²) in [4.78, 5) is 28.0. The average molecular weight is 422 g/mol. The molecule has 1 aromatic heterocycles. The van der Waals surface area contributed by atoms with Gasteiger partial charge in [0.1, 0.15) is 0 Å². The fourth-order valence-electron chi connectivity index (χ4n) is 4.10. The Morgan fingerprint density at radius 2 is 1.62 bits per heavy atom. The minimum Gasteiger partial charge on any atom is -0.324 e. The van der Waals surface area contributed by atoms with Crippen molar-refractivity contribution in [1.29, 1.82) is 0 Å². The second kappa shape index (κ2) is 8.51. The lowest BCUT2D eigenvalue weighted by molar-refractivity contribution is -0.118. The van der Waals surface area contributed by atoms with E-state index in [-0.39, 0.29) is 11.8 Å². The summed E-state index contributed by atoms with van der Waals surface area (Å²) in [5, 5.41) is 7.22. The molecule has 2 heterocycles. The highest BCUT2D eigenvalue weighted by Crippen LogP contribution is 2.29. The van der Waals surface area contributed by atoms with Crippen molar-refractivity contribution in [2.45, 2.75) is 12.5 Å². The molecule has 0 fully saturated rings. The van der Waals surface area contributed by atoms with Gasteiger partial charge in [0.25, 0.3) is 11.8 Å². The Bertz CT molecular complexity index is 1230. The summed E-state index contributed by atoms with van der Waals surface area (Å²) in [5.74, 6) is -0.237. The highest BCUT2D eigenvalue weighted by molar-refractivity contribution is 6.07. The van der Waals surface area contributed by atoms with Crippen molar-refractivity contribution in [3.8, 4) is 0 Å². The quantitative estimate of drug-likeness (QED) is 0.521. The van der Waals surface area contributed by atoms with Crippen LogP contribution in [-0.2, 0) is 11.2 Å². The lowest BCUT2D eigenvalue weighted by atomic mass is 10.1. The van der Waals surface area contributed by atoms with Gasteiger partial charge in [0.15, 0.2) is 6.04 Å². The number of hydrogen-bond donors (Lipinski definition) is 1. The van der Waals surface area contributed by atoms with Crippen molar-refractivity contribution in [2.75, 3.05) is 16.8 Å². The smallest absolute Gasteiger partial charge is 0.258 e. The first kappa shape index (κ1) is 19.8. The number of anilines is 2. The Balaban J connectivity index is 1.33. The summed E-state index contributed by atoms with van der Waals surface area (Å²) in [6, 6.07) is 25.7. The highest BCUT2D eigenvalue weighted by atomic mass is 16.2. The first-order chi connectivity index (χ1) is 15.7. The maximum Gasteiger partial charge on any atom is 0.258 e. The normalized spacial score (nSPS) is 13.4. The SMILES string of the molecule is O=C(Nc1ccc(C(=O)N2CCc3ccccc32)cc1)C(c1ccccc1)n1cccn1. The van der Waals surface area contributed by atoms with Crippen LogP contribution in [0, 0.1) is 0 Å². The fourth-order valence-corrected chi connectivity index (χ4v) is 4.10. The number of fused-ring (bicyclic) bond motifs is 1. The van der Waals surface area contributed by atoms with Gasteiger partial charge in [0, 0.05) is 35.9 Å². The zero-order valence-electron chi connectivity index (χ0n) is 17.4. The standard InChI is InChI=1S/C26H22N4O2/c31-25(24(30-17-6-16-27-30)20-8-2-1-3-9-20)28-22-13-11-21(12-14-22)26(32)29-18-15-19-7-4-5-10-23(19)29/h1-14,16-17,24H,15,18H2,(H,28,31). The summed E-state index contributed by atoms with van der Waals surface area (Å²) >= 11 is 0. The van der Waals surface area contributed by atoms with E-state index in [1.54, 1.807) is 47.4 Å². The number of carbonyl (C=O) groups is 2. The molecule has 32 heavy (non-hydrogen) atoms. The van der Waals surface area contributed by atoms with E-state index in [4.69, 9.17) is 0 Å². The Labute approximate surface area is 186 Å².